The second-order valence-corrected chi connectivity index (χ2v) is 8.59. The SMILES string of the molecule is COc1ccc(Sc2cc(Nc3cccc(F)c3)nc(NC(CC(C)C)C(=O)O)n2)cc1. The summed E-state index contributed by atoms with van der Waals surface area (Å²) in [5.74, 6) is 0.151. The van der Waals surface area contributed by atoms with Crippen LogP contribution in [-0.4, -0.2) is 34.2 Å². The van der Waals surface area contributed by atoms with Crippen molar-refractivity contribution < 1.29 is 19.0 Å². The van der Waals surface area contributed by atoms with E-state index in [0.29, 0.717) is 23.0 Å². The number of rotatable bonds is 10. The minimum absolute atomic E-state index is 0.172. The van der Waals surface area contributed by atoms with Crippen LogP contribution in [0.15, 0.2) is 64.5 Å². The Hall–Kier alpha value is -3.33. The number of benzene rings is 2. The summed E-state index contributed by atoms with van der Waals surface area (Å²) in [4.78, 5) is 21.5. The molecule has 0 fully saturated rings. The zero-order valence-corrected chi connectivity index (χ0v) is 18.8. The van der Waals surface area contributed by atoms with Crippen LogP contribution in [0.3, 0.4) is 0 Å². The molecule has 1 unspecified atom stereocenters. The normalized spacial score (nSPS) is 11.8. The number of hydrogen-bond acceptors (Lipinski definition) is 7. The zero-order valence-electron chi connectivity index (χ0n) is 18.0. The molecule has 1 heterocycles. The summed E-state index contributed by atoms with van der Waals surface area (Å²) in [5, 5.41) is 16.2. The number of aromatic nitrogens is 2. The summed E-state index contributed by atoms with van der Waals surface area (Å²) in [6.45, 7) is 3.90. The van der Waals surface area contributed by atoms with Gasteiger partial charge in [0.2, 0.25) is 5.95 Å². The number of nitrogens with zero attached hydrogens (tertiary/aromatic N) is 2. The Balaban J connectivity index is 1.91. The Labute approximate surface area is 190 Å². The van der Waals surface area contributed by atoms with Crippen molar-refractivity contribution in [2.45, 2.75) is 36.2 Å². The summed E-state index contributed by atoms with van der Waals surface area (Å²) in [5.41, 5.74) is 0.520. The average Bonchev–Trinajstić information content (AvgIpc) is 2.73. The highest BCUT2D eigenvalue weighted by Crippen LogP contribution is 2.30. The Morgan fingerprint density at radius 1 is 1.16 bits per heavy atom. The van der Waals surface area contributed by atoms with Gasteiger partial charge in [-0.15, -0.1) is 0 Å². The smallest absolute Gasteiger partial charge is 0.326 e. The largest absolute Gasteiger partial charge is 0.497 e. The molecule has 168 valence electrons. The van der Waals surface area contributed by atoms with Crippen LogP contribution in [0.4, 0.5) is 21.8 Å². The van der Waals surface area contributed by atoms with E-state index >= 15 is 0 Å². The number of halogens is 1. The second-order valence-electron chi connectivity index (χ2n) is 7.49. The van der Waals surface area contributed by atoms with Gasteiger partial charge >= 0.3 is 5.97 Å². The van der Waals surface area contributed by atoms with Crippen LogP contribution < -0.4 is 15.4 Å². The third kappa shape index (κ3) is 6.84. The second kappa shape index (κ2) is 10.8. The first-order valence-electron chi connectivity index (χ1n) is 10.1. The highest BCUT2D eigenvalue weighted by atomic mass is 32.2. The third-order valence-electron chi connectivity index (χ3n) is 4.39. The molecule has 0 radical (unpaired) electrons. The molecule has 0 amide bonds. The van der Waals surface area contributed by atoms with Crippen LogP contribution in [0.1, 0.15) is 20.3 Å². The molecule has 3 N–H and O–H groups in total. The van der Waals surface area contributed by atoms with E-state index in [2.05, 4.69) is 20.6 Å². The molecule has 1 aromatic heterocycles. The monoisotopic (exact) mass is 456 g/mol. The lowest BCUT2D eigenvalue weighted by Crippen LogP contribution is -2.31. The predicted molar refractivity (Wildman–Crippen MR) is 123 cm³/mol. The van der Waals surface area contributed by atoms with Crippen LogP contribution in [0.2, 0.25) is 0 Å². The fraction of sp³-hybridized carbons (Fsp3) is 0.261. The van der Waals surface area contributed by atoms with E-state index in [1.165, 1.54) is 23.9 Å². The first-order chi connectivity index (χ1) is 15.3. The fourth-order valence-corrected chi connectivity index (χ4v) is 3.75. The molecule has 0 aliphatic carbocycles. The maximum absolute atomic E-state index is 13.6. The van der Waals surface area contributed by atoms with Crippen LogP contribution in [-0.2, 0) is 4.79 Å². The number of methoxy groups -OCH3 is 1. The van der Waals surface area contributed by atoms with E-state index in [0.717, 1.165) is 10.6 Å². The molecule has 3 aromatic rings. The van der Waals surface area contributed by atoms with Crippen LogP contribution in [0, 0.1) is 11.7 Å². The van der Waals surface area contributed by atoms with E-state index in [1.807, 2.05) is 38.1 Å². The van der Waals surface area contributed by atoms with Crippen molar-refractivity contribution in [2.24, 2.45) is 5.92 Å². The molecule has 0 aliphatic rings. The average molecular weight is 457 g/mol. The molecular formula is C23H25FN4O3S. The van der Waals surface area contributed by atoms with Crippen LogP contribution in [0.25, 0.3) is 0 Å². The Morgan fingerprint density at radius 2 is 1.91 bits per heavy atom. The van der Waals surface area contributed by atoms with Crippen molar-refractivity contribution >= 4 is 35.2 Å². The summed E-state index contributed by atoms with van der Waals surface area (Å²) in [7, 11) is 1.60. The van der Waals surface area contributed by atoms with Crippen molar-refractivity contribution in [3.05, 3.63) is 60.4 Å². The van der Waals surface area contributed by atoms with Gasteiger partial charge in [-0.2, -0.15) is 4.98 Å². The van der Waals surface area contributed by atoms with Crippen molar-refractivity contribution in [3.8, 4) is 5.75 Å². The van der Waals surface area contributed by atoms with E-state index in [-0.39, 0.29) is 17.7 Å². The highest BCUT2D eigenvalue weighted by molar-refractivity contribution is 7.99. The van der Waals surface area contributed by atoms with Crippen LogP contribution in [0.5, 0.6) is 5.75 Å². The van der Waals surface area contributed by atoms with Gasteiger partial charge < -0.3 is 20.5 Å². The maximum Gasteiger partial charge on any atom is 0.326 e. The van der Waals surface area contributed by atoms with Gasteiger partial charge in [-0.1, -0.05) is 31.7 Å². The van der Waals surface area contributed by atoms with Gasteiger partial charge in [0.05, 0.1) is 7.11 Å². The number of carbonyl (C=O) groups is 1. The Bertz CT molecular complexity index is 1060. The summed E-state index contributed by atoms with van der Waals surface area (Å²) < 4.78 is 18.8. The maximum atomic E-state index is 13.6. The number of aliphatic carboxylic acids is 1. The Kier molecular flexibility index (Phi) is 7.88. The molecule has 3 rings (SSSR count). The van der Waals surface area contributed by atoms with E-state index in [1.54, 1.807) is 25.3 Å². The lowest BCUT2D eigenvalue weighted by atomic mass is 10.0. The molecule has 0 bridgehead atoms. The molecule has 9 heteroatoms. The van der Waals surface area contributed by atoms with Crippen molar-refractivity contribution in [1.29, 1.82) is 0 Å². The first kappa shape index (κ1) is 23.3. The van der Waals surface area contributed by atoms with Crippen molar-refractivity contribution in [1.82, 2.24) is 9.97 Å². The summed E-state index contributed by atoms with van der Waals surface area (Å²) >= 11 is 1.39. The van der Waals surface area contributed by atoms with E-state index in [9.17, 15) is 14.3 Å². The summed E-state index contributed by atoms with van der Waals surface area (Å²) in [6, 6.07) is 14.4. The molecule has 0 spiro atoms. The molecule has 7 nitrogen and oxygen atoms in total. The van der Waals surface area contributed by atoms with Gasteiger partial charge in [0.1, 0.15) is 28.5 Å². The third-order valence-corrected chi connectivity index (χ3v) is 5.32. The van der Waals surface area contributed by atoms with Gasteiger partial charge in [-0.05, 0) is 54.8 Å². The van der Waals surface area contributed by atoms with Crippen molar-refractivity contribution in [3.63, 3.8) is 0 Å². The molecule has 0 saturated carbocycles. The molecule has 0 saturated heterocycles. The number of carboxylic acids is 1. The molecule has 1 atom stereocenters. The number of ether oxygens (including phenoxy) is 1. The van der Waals surface area contributed by atoms with E-state index < -0.39 is 12.0 Å². The van der Waals surface area contributed by atoms with Gasteiger partial charge in [0.25, 0.3) is 0 Å². The van der Waals surface area contributed by atoms with E-state index in [4.69, 9.17) is 4.74 Å². The van der Waals surface area contributed by atoms with Gasteiger partial charge in [0, 0.05) is 16.6 Å². The number of hydrogen-bond donors (Lipinski definition) is 3. The zero-order chi connectivity index (χ0) is 23.1. The van der Waals surface area contributed by atoms with Crippen LogP contribution >= 0.6 is 11.8 Å². The van der Waals surface area contributed by atoms with Gasteiger partial charge in [-0.25, -0.2) is 14.2 Å². The van der Waals surface area contributed by atoms with Gasteiger partial charge in [-0.3, -0.25) is 0 Å². The first-order valence-corrected chi connectivity index (χ1v) is 10.9. The number of carboxylic acid groups (broad SMARTS) is 1. The standard InChI is InChI=1S/C23H25FN4O3S/c1-14(2)11-19(22(29)30)26-23-27-20(25-16-6-4-5-15(24)12-16)13-21(28-23)32-18-9-7-17(31-3)8-10-18/h4-10,12-14,19H,11H2,1-3H3,(H,29,30)(H2,25,26,27,28). The molecule has 0 aliphatic heterocycles. The minimum Gasteiger partial charge on any atom is -0.497 e. The molecule has 32 heavy (non-hydrogen) atoms. The lowest BCUT2D eigenvalue weighted by Gasteiger charge is -2.17. The molecular weight excluding hydrogens is 431 g/mol. The van der Waals surface area contributed by atoms with Gasteiger partial charge in [0.15, 0.2) is 0 Å². The number of anilines is 3. The fourth-order valence-electron chi connectivity index (χ4n) is 2.93. The Morgan fingerprint density at radius 3 is 2.53 bits per heavy atom. The minimum atomic E-state index is -0.977. The summed E-state index contributed by atoms with van der Waals surface area (Å²) in [6.07, 6.45) is 0.418. The quantitative estimate of drug-likeness (QED) is 0.348. The number of nitrogens with one attached hydrogen (secondary N) is 2. The highest BCUT2D eigenvalue weighted by Gasteiger charge is 2.20. The lowest BCUT2D eigenvalue weighted by molar-refractivity contribution is -0.138. The molecule has 2 aromatic carbocycles. The topological polar surface area (TPSA) is 96.4 Å². The van der Waals surface area contributed by atoms with Crippen molar-refractivity contribution in [2.75, 3.05) is 17.7 Å². The predicted octanol–water partition coefficient (Wildman–Crippen LogP) is 5.43.